The molecule has 118 valence electrons. The summed E-state index contributed by atoms with van der Waals surface area (Å²) in [5.41, 5.74) is 3.14. The summed E-state index contributed by atoms with van der Waals surface area (Å²) in [6, 6.07) is 0. The first-order valence-corrected chi connectivity index (χ1v) is 7.01. The molecule has 0 atom stereocenters. The van der Waals surface area contributed by atoms with Crippen LogP contribution in [-0.4, -0.2) is 21.8 Å². The van der Waals surface area contributed by atoms with Crippen LogP contribution in [0, 0.1) is 0 Å². The number of unbranched alkanes of at least 4 members (excludes halogenated alkanes) is 3. The zero-order valence-corrected chi connectivity index (χ0v) is 13.8. The minimum Gasteiger partial charge on any atom is -0.481 e. The van der Waals surface area contributed by atoms with Gasteiger partial charge in [-0.1, -0.05) is 38.8 Å². The Bertz CT molecular complexity index is 288. The van der Waals surface area contributed by atoms with Crippen LogP contribution in [0.3, 0.4) is 0 Å². The Morgan fingerprint density at radius 3 is 1.85 bits per heavy atom. The quantitative estimate of drug-likeness (QED) is 0.421. The molecule has 0 saturated carbocycles. The van der Waals surface area contributed by atoms with Gasteiger partial charge >= 0.3 is 5.97 Å². The molecule has 0 aliphatic heterocycles. The SMILES string of the molecule is C=C=C(C)C.C=CC(C)(C)O.CCCCCCC(=O)O. The number of carboxylic acid groups (broad SMARTS) is 1. The van der Waals surface area contributed by atoms with Crippen LogP contribution in [0.25, 0.3) is 0 Å². The minimum atomic E-state index is -0.694. The summed E-state index contributed by atoms with van der Waals surface area (Å²) >= 11 is 0. The van der Waals surface area contributed by atoms with Gasteiger partial charge in [0.1, 0.15) is 0 Å². The molecular weight excluding hydrogens is 252 g/mol. The fraction of sp³-hybridized carbons (Fsp3) is 0.647. The van der Waals surface area contributed by atoms with Crippen LogP contribution in [0.1, 0.15) is 66.7 Å². The zero-order valence-electron chi connectivity index (χ0n) is 13.8. The molecule has 0 saturated heterocycles. The van der Waals surface area contributed by atoms with Gasteiger partial charge in [-0.15, -0.1) is 12.3 Å². The summed E-state index contributed by atoms with van der Waals surface area (Å²) in [5, 5.41) is 16.9. The van der Waals surface area contributed by atoms with Gasteiger partial charge in [0.15, 0.2) is 0 Å². The van der Waals surface area contributed by atoms with Crippen molar-refractivity contribution >= 4 is 5.97 Å². The first-order chi connectivity index (χ1) is 9.10. The average Bonchev–Trinajstić information content (AvgIpc) is 2.35. The normalized spacial score (nSPS) is 9.10. The third-order valence-electron chi connectivity index (χ3n) is 2.10. The number of aliphatic carboxylic acids is 1. The molecule has 0 unspecified atom stereocenters. The molecule has 3 nitrogen and oxygen atoms in total. The Labute approximate surface area is 124 Å². The highest BCUT2D eigenvalue weighted by atomic mass is 16.4. The molecule has 0 bridgehead atoms. The smallest absolute Gasteiger partial charge is 0.303 e. The summed E-state index contributed by atoms with van der Waals surface area (Å²) < 4.78 is 0. The van der Waals surface area contributed by atoms with Crippen molar-refractivity contribution in [2.45, 2.75) is 72.3 Å². The number of aliphatic hydroxyl groups is 1. The van der Waals surface area contributed by atoms with E-state index in [4.69, 9.17) is 10.2 Å². The van der Waals surface area contributed by atoms with Crippen molar-refractivity contribution in [3.63, 3.8) is 0 Å². The predicted octanol–water partition coefficient (Wildman–Crippen LogP) is 4.72. The highest BCUT2D eigenvalue weighted by molar-refractivity contribution is 5.66. The standard InChI is InChI=1S/C7H14O2.C5H10O.C5H8/c1-2-3-4-5-6-7(8)9;1-4-5(2,3)6;1-4-5(2)3/h2-6H2,1H3,(H,8,9);4,6H,1H2,2-3H3;1H2,2-3H3. The van der Waals surface area contributed by atoms with E-state index in [-0.39, 0.29) is 0 Å². The largest absolute Gasteiger partial charge is 0.481 e. The molecule has 0 radical (unpaired) electrons. The van der Waals surface area contributed by atoms with Crippen molar-refractivity contribution in [2.24, 2.45) is 0 Å². The van der Waals surface area contributed by atoms with Crippen LogP contribution in [0.2, 0.25) is 0 Å². The van der Waals surface area contributed by atoms with Gasteiger partial charge in [0, 0.05) is 6.42 Å². The maximum absolute atomic E-state index is 9.96. The van der Waals surface area contributed by atoms with Crippen molar-refractivity contribution < 1.29 is 15.0 Å². The Hall–Kier alpha value is -1.31. The Kier molecular flexibility index (Phi) is 18.7. The van der Waals surface area contributed by atoms with E-state index >= 15 is 0 Å². The number of rotatable bonds is 6. The molecule has 0 amide bonds. The van der Waals surface area contributed by atoms with Crippen LogP contribution in [0.5, 0.6) is 0 Å². The Balaban J connectivity index is -0.000000230. The van der Waals surface area contributed by atoms with Crippen LogP contribution in [-0.2, 0) is 4.79 Å². The summed E-state index contributed by atoms with van der Waals surface area (Å²) in [6.07, 6.45) is 6.05. The predicted molar refractivity (Wildman–Crippen MR) is 86.9 cm³/mol. The molecular formula is C17H32O3. The summed E-state index contributed by atoms with van der Waals surface area (Å²) in [6.45, 7) is 16.2. The molecule has 0 aliphatic rings. The van der Waals surface area contributed by atoms with Gasteiger partial charge in [0.2, 0.25) is 0 Å². The van der Waals surface area contributed by atoms with Crippen LogP contribution in [0.15, 0.2) is 30.5 Å². The zero-order chi connectivity index (χ0) is 16.6. The molecule has 0 rings (SSSR count). The highest BCUT2D eigenvalue weighted by Gasteiger charge is 2.02. The van der Waals surface area contributed by atoms with E-state index in [9.17, 15) is 4.79 Å². The molecule has 2 N–H and O–H groups in total. The van der Waals surface area contributed by atoms with Crippen LogP contribution in [0.4, 0.5) is 0 Å². The highest BCUT2D eigenvalue weighted by Crippen LogP contribution is 2.01. The van der Waals surface area contributed by atoms with Gasteiger partial charge in [-0.3, -0.25) is 4.79 Å². The van der Waals surface area contributed by atoms with Crippen molar-refractivity contribution in [3.8, 4) is 0 Å². The number of allylic oxidation sites excluding steroid dienone is 1. The third kappa shape index (κ3) is 43.8. The number of carbonyl (C=O) groups is 1. The lowest BCUT2D eigenvalue weighted by Gasteiger charge is -2.07. The molecule has 0 aromatic carbocycles. The van der Waals surface area contributed by atoms with E-state index in [2.05, 4.69) is 25.8 Å². The molecule has 0 aliphatic carbocycles. The molecule has 0 heterocycles. The van der Waals surface area contributed by atoms with E-state index in [1.807, 2.05) is 13.8 Å². The first kappa shape index (κ1) is 23.8. The van der Waals surface area contributed by atoms with Crippen molar-refractivity contribution in [1.82, 2.24) is 0 Å². The number of hydrogen-bond donors (Lipinski definition) is 2. The van der Waals surface area contributed by atoms with Crippen molar-refractivity contribution in [3.05, 3.63) is 30.5 Å². The maximum atomic E-state index is 9.96. The second kappa shape index (κ2) is 15.7. The fourth-order valence-electron chi connectivity index (χ4n) is 0.703. The molecule has 3 heteroatoms. The van der Waals surface area contributed by atoms with Crippen LogP contribution >= 0.6 is 0 Å². The summed E-state index contributed by atoms with van der Waals surface area (Å²) in [4.78, 5) is 9.96. The van der Waals surface area contributed by atoms with Crippen LogP contribution < -0.4 is 0 Å². The number of carboxylic acids is 1. The van der Waals surface area contributed by atoms with Gasteiger partial charge in [-0.05, 0) is 39.7 Å². The lowest BCUT2D eigenvalue weighted by atomic mass is 10.1. The fourth-order valence-corrected chi connectivity index (χ4v) is 0.703. The summed E-state index contributed by atoms with van der Waals surface area (Å²) in [5.74, 6) is -0.675. The molecule has 0 aromatic rings. The molecule has 0 aromatic heterocycles. The average molecular weight is 284 g/mol. The maximum Gasteiger partial charge on any atom is 0.303 e. The lowest BCUT2D eigenvalue weighted by molar-refractivity contribution is -0.137. The molecule has 0 spiro atoms. The molecule has 20 heavy (non-hydrogen) atoms. The van der Waals surface area contributed by atoms with Gasteiger partial charge in [0.25, 0.3) is 0 Å². The first-order valence-electron chi connectivity index (χ1n) is 7.01. The lowest BCUT2D eigenvalue weighted by Crippen LogP contribution is -2.12. The van der Waals surface area contributed by atoms with Crippen molar-refractivity contribution in [2.75, 3.05) is 0 Å². The monoisotopic (exact) mass is 284 g/mol. The Morgan fingerprint density at radius 1 is 1.25 bits per heavy atom. The molecule has 0 fully saturated rings. The second-order valence-electron chi connectivity index (χ2n) is 5.24. The van der Waals surface area contributed by atoms with E-state index in [0.717, 1.165) is 24.8 Å². The van der Waals surface area contributed by atoms with E-state index in [1.165, 1.54) is 12.5 Å². The van der Waals surface area contributed by atoms with E-state index < -0.39 is 11.6 Å². The van der Waals surface area contributed by atoms with Gasteiger partial charge in [-0.2, -0.15) is 0 Å². The van der Waals surface area contributed by atoms with Gasteiger partial charge < -0.3 is 10.2 Å². The second-order valence-corrected chi connectivity index (χ2v) is 5.24. The van der Waals surface area contributed by atoms with E-state index in [0.29, 0.717) is 6.42 Å². The van der Waals surface area contributed by atoms with Gasteiger partial charge in [0.05, 0.1) is 5.60 Å². The topological polar surface area (TPSA) is 57.5 Å². The third-order valence-corrected chi connectivity index (χ3v) is 2.10. The minimum absolute atomic E-state index is 0.333. The summed E-state index contributed by atoms with van der Waals surface area (Å²) in [7, 11) is 0. The van der Waals surface area contributed by atoms with E-state index in [1.54, 1.807) is 13.8 Å². The van der Waals surface area contributed by atoms with Gasteiger partial charge in [-0.25, -0.2) is 0 Å². The van der Waals surface area contributed by atoms with Crippen molar-refractivity contribution in [1.29, 1.82) is 0 Å². The Morgan fingerprint density at radius 2 is 1.65 bits per heavy atom. The number of hydrogen-bond acceptors (Lipinski definition) is 2.